The number of anilines is 1. The molecule has 0 aromatic heterocycles. The van der Waals surface area contributed by atoms with Gasteiger partial charge in [-0.2, -0.15) is 0 Å². The van der Waals surface area contributed by atoms with Crippen LogP contribution in [0.15, 0.2) is 42.0 Å². The highest BCUT2D eigenvalue weighted by molar-refractivity contribution is 7.98. The second kappa shape index (κ2) is 14.9. The molecule has 5 atom stereocenters. The quantitative estimate of drug-likeness (QED) is 0.268. The lowest BCUT2D eigenvalue weighted by molar-refractivity contribution is -0.0365. The van der Waals surface area contributed by atoms with Crippen LogP contribution in [0.1, 0.15) is 73.9 Å². The van der Waals surface area contributed by atoms with Gasteiger partial charge >= 0.3 is 0 Å². The molecular formula is C38H49ClFN3O4S. The molecule has 5 aliphatic rings. The van der Waals surface area contributed by atoms with Crippen molar-refractivity contribution in [3.05, 3.63) is 69.5 Å². The molecule has 3 heterocycles. The Hall–Kier alpha value is -2.30. The van der Waals surface area contributed by atoms with Crippen LogP contribution in [-0.4, -0.2) is 81.3 Å². The highest BCUT2D eigenvalue weighted by atomic mass is 35.5. The highest BCUT2D eigenvalue weighted by Gasteiger charge is 2.45. The van der Waals surface area contributed by atoms with E-state index < -0.39 is 5.41 Å². The molecule has 2 fully saturated rings. The fourth-order valence-electron chi connectivity index (χ4n) is 8.45. The van der Waals surface area contributed by atoms with Crippen LogP contribution in [0.4, 0.5) is 10.1 Å². The molecule has 1 N–H and O–H groups in total. The number of allylic oxidation sites excluding steroid dienone is 1. The smallest absolute Gasteiger partial charge is 0.261 e. The molecule has 2 aromatic rings. The second-order valence-electron chi connectivity index (χ2n) is 14.5. The van der Waals surface area contributed by atoms with Crippen molar-refractivity contribution in [2.75, 3.05) is 64.1 Å². The van der Waals surface area contributed by atoms with Crippen LogP contribution >= 0.6 is 23.5 Å². The summed E-state index contributed by atoms with van der Waals surface area (Å²) in [6.45, 7) is 11.5. The van der Waals surface area contributed by atoms with E-state index in [4.69, 9.17) is 25.8 Å². The number of carbonyl (C=O) groups excluding carboxylic acids is 1. The third kappa shape index (κ3) is 7.13. The Labute approximate surface area is 294 Å². The summed E-state index contributed by atoms with van der Waals surface area (Å²) in [5, 5.41) is 0.445. The maximum absolute atomic E-state index is 15.4. The number of nitrogens with one attached hydrogen (secondary N) is 1. The molecule has 2 aromatic carbocycles. The molecule has 1 amide bonds. The van der Waals surface area contributed by atoms with Crippen LogP contribution in [0.3, 0.4) is 0 Å². The molecule has 260 valence electrons. The number of morpholine rings is 1. The zero-order chi connectivity index (χ0) is 33.3. The second-order valence-corrected chi connectivity index (χ2v) is 16.2. The number of ether oxygens (including phenoxy) is 3. The number of nitrogens with zero attached hydrogens (tertiary/aromatic N) is 2. The molecule has 2 bridgehead atoms. The van der Waals surface area contributed by atoms with Crippen LogP contribution in [0.2, 0.25) is 5.02 Å². The molecule has 3 aliphatic heterocycles. The van der Waals surface area contributed by atoms with Gasteiger partial charge in [-0.1, -0.05) is 30.7 Å². The lowest BCUT2D eigenvalue weighted by atomic mass is 9.67. The molecule has 1 saturated heterocycles. The number of carbonyl (C=O) groups is 1. The Balaban J connectivity index is 1.22. The molecule has 2 aliphatic carbocycles. The molecule has 7 nitrogen and oxygen atoms in total. The van der Waals surface area contributed by atoms with E-state index in [1.54, 1.807) is 6.07 Å². The molecular weight excluding hydrogens is 649 g/mol. The Kier molecular flexibility index (Phi) is 10.6. The average Bonchev–Trinajstić information content (AvgIpc) is 3.23. The van der Waals surface area contributed by atoms with Crippen LogP contribution in [-0.2, 0) is 21.3 Å². The highest BCUT2D eigenvalue weighted by Crippen LogP contribution is 2.48. The monoisotopic (exact) mass is 697 g/mol. The van der Waals surface area contributed by atoms with E-state index in [0.717, 1.165) is 100 Å². The van der Waals surface area contributed by atoms with Gasteiger partial charge in [0.05, 0.1) is 43.2 Å². The van der Waals surface area contributed by atoms with Gasteiger partial charge < -0.3 is 19.1 Å². The van der Waals surface area contributed by atoms with E-state index in [0.29, 0.717) is 43.6 Å². The van der Waals surface area contributed by atoms with E-state index >= 15 is 4.39 Å². The molecule has 1 spiro atoms. The number of amides is 1. The van der Waals surface area contributed by atoms with Gasteiger partial charge in [0.25, 0.3) is 5.91 Å². The maximum atomic E-state index is 15.4. The summed E-state index contributed by atoms with van der Waals surface area (Å²) in [6.07, 6.45) is 9.04. The lowest BCUT2D eigenvalue weighted by Gasteiger charge is -2.47. The largest absolute Gasteiger partial charge is 0.490 e. The Morgan fingerprint density at radius 1 is 1.17 bits per heavy atom. The fourth-order valence-corrected chi connectivity index (χ4v) is 9.31. The van der Waals surface area contributed by atoms with Crippen molar-refractivity contribution < 1.29 is 23.4 Å². The SMILES string of the molecule is C/C1=C\CCC(C)SNC(=O)c2ccc3c(c2)N(C[C@@H]2CCC2C1OCCN1CCOCC1)CC1(CCCc2c1ccc(Cl)c2F)CO3. The van der Waals surface area contributed by atoms with Gasteiger partial charge in [0.2, 0.25) is 0 Å². The van der Waals surface area contributed by atoms with E-state index in [9.17, 15) is 4.79 Å². The molecule has 1 saturated carbocycles. The number of halogens is 2. The van der Waals surface area contributed by atoms with Crippen molar-refractivity contribution in [3.8, 4) is 5.75 Å². The summed E-state index contributed by atoms with van der Waals surface area (Å²) in [7, 11) is 0. The van der Waals surface area contributed by atoms with E-state index in [1.165, 1.54) is 17.5 Å². The summed E-state index contributed by atoms with van der Waals surface area (Å²) in [5.74, 6) is 1.19. The van der Waals surface area contributed by atoms with Crippen LogP contribution in [0.25, 0.3) is 0 Å². The van der Waals surface area contributed by atoms with Gasteiger partial charge in [-0.05, 0) is 117 Å². The molecule has 10 heteroatoms. The van der Waals surface area contributed by atoms with Gasteiger partial charge in [0.15, 0.2) is 0 Å². The van der Waals surface area contributed by atoms with Gasteiger partial charge in [0.1, 0.15) is 11.6 Å². The fraction of sp³-hybridized carbons (Fsp3) is 0.605. The first-order chi connectivity index (χ1) is 23.3. The van der Waals surface area contributed by atoms with Crippen LogP contribution in [0.5, 0.6) is 5.75 Å². The topological polar surface area (TPSA) is 63.3 Å². The minimum Gasteiger partial charge on any atom is -0.490 e. The summed E-state index contributed by atoms with van der Waals surface area (Å²) < 4.78 is 37.6. The van der Waals surface area contributed by atoms with Gasteiger partial charge in [-0.15, -0.1) is 0 Å². The van der Waals surface area contributed by atoms with Crippen molar-refractivity contribution in [2.24, 2.45) is 11.8 Å². The van der Waals surface area contributed by atoms with Gasteiger partial charge in [-0.25, -0.2) is 4.39 Å². The van der Waals surface area contributed by atoms with Gasteiger partial charge in [0, 0.05) is 49.0 Å². The number of rotatable bonds is 4. The minimum atomic E-state index is -0.393. The third-order valence-electron chi connectivity index (χ3n) is 11.4. The number of hydrogen-bond donors (Lipinski definition) is 1. The van der Waals surface area contributed by atoms with Crippen LogP contribution in [0, 0.1) is 17.7 Å². The summed E-state index contributed by atoms with van der Waals surface area (Å²) in [4.78, 5) is 18.3. The predicted molar refractivity (Wildman–Crippen MR) is 191 cm³/mol. The number of benzene rings is 2. The normalized spacial score (nSPS) is 31.0. The average molecular weight is 698 g/mol. The Morgan fingerprint density at radius 3 is 2.83 bits per heavy atom. The lowest BCUT2D eigenvalue weighted by Crippen LogP contribution is -2.50. The summed E-state index contributed by atoms with van der Waals surface area (Å²) in [5.41, 5.74) is 4.21. The van der Waals surface area contributed by atoms with E-state index in [2.05, 4.69) is 34.4 Å². The van der Waals surface area contributed by atoms with E-state index in [-0.39, 0.29) is 28.1 Å². The molecule has 4 unspecified atom stereocenters. The summed E-state index contributed by atoms with van der Waals surface area (Å²) in [6, 6.07) is 9.53. The van der Waals surface area contributed by atoms with Crippen molar-refractivity contribution in [2.45, 2.75) is 75.6 Å². The number of fused-ring (bicyclic) bond motifs is 4. The van der Waals surface area contributed by atoms with Crippen molar-refractivity contribution in [1.82, 2.24) is 9.62 Å². The Bertz CT molecular complexity index is 1520. The standard InChI is InChI=1S/C38H49ClFN3O4S/c1-25-5-3-6-26(2)48-41-37(44)27-9-13-34-33(21-27)43(22-28-8-10-29(28)36(25)46-20-17-42-15-18-45-19-16-42)23-38(24-47-34)14-4-7-30-31(38)11-12-32(39)35(30)40/h5,9,11-13,21,26,28-29,36H,3-4,6-8,10,14-20,22-24H2,1-2H3,(H,41,44)/b25-5+/t26?,28-,29?,36?,38?/m0/s1. The van der Waals surface area contributed by atoms with Crippen molar-refractivity contribution in [3.63, 3.8) is 0 Å². The first-order valence-electron chi connectivity index (χ1n) is 17.8. The van der Waals surface area contributed by atoms with Gasteiger partial charge in [-0.3, -0.25) is 14.4 Å². The van der Waals surface area contributed by atoms with E-state index in [1.807, 2.05) is 24.3 Å². The maximum Gasteiger partial charge on any atom is 0.261 e. The third-order valence-corrected chi connectivity index (χ3v) is 12.6. The predicted octanol–water partition coefficient (Wildman–Crippen LogP) is 7.20. The first-order valence-corrected chi connectivity index (χ1v) is 19.1. The Morgan fingerprint density at radius 2 is 2.02 bits per heavy atom. The molecule has 0 radical (unpaired) electrons. The summed E-state index contributed by atoms with van der Waals surface area (Å²) >= 11 is 7.77. The number of hydrogen-bond acceptors (Lipinski definition) is 7. The first kappa shape index (κ1) is 34.2. The molecule has 48 heavy (non-hydrogen) atoms. The molecule has 7 rings (SSSR count). The van der Waals surface area contributed by atoms with Crippen molar-refractivity contribution >= 4 is 35.1 Å². The zero-order valence-electron chi connectivity index (χ0n) is 28.3. The van der Waals surface area contributed by atoms with Crippen LogP contribution < -0.4 is 14.4 Å². The minimum absolute atomic E-state index is 0.0648. The van der Waals surface area contributed by atoms with Crippen molar-refractivity contribution in [1.29, 1.82) is 0 Å². The zero-order valence-corrected chi connectivity index (χ0v) is 29.9.